The summed E-state index contributed by atoms with van der Waals surface area (Å²) in [6.45, 7) is 7.83. The van der Waals surface area contributed by atoms with Gasteiger partial charge in [0.2, 0.25) is 0 Å². The van der Waals surface area contributed by atoms with Gasteiger partial charge in [-0.05, 0) is 46.9 Å². The number of hydrogen-bond donors (Lipinski definition) is 1. The molecule has 0 aliphatic carbocycles. The molecule has 1 N–H and O–H groups in total. The van der Waals surface area contributed by atoms with E-state index in [9.17, 15) is 0 Å². The first-order valence-corrected chi connectivity index (χ1v) is 11.2. The molecule has 1 atom stereocenters. The number of para-hydroxylation sites is 1. The first-order valence-electron chi connectivity index (χ1n) is 10.8. The SMILES string of the molecule is C=C/C=C(\C=C)CC(c1ccc(Cl)cc1)c1cccc(-c2cccc3cccnc23)c1.CO. The second-order valence-electron chi connectivity index (χ2n) is 7.50. The number of allylic oxidation sites excluding steroid dienone is 4. The van der Waals surface area contributed by atoms with Crippen molar-refractivity contribution in [2.75, 3.05) is 7.11 Å². The van der Waals surface area contributed by atoms with E-state index >= 15 is 0 Å². The molecule has 0 aliphatic heterocycles. The molecule has 0 spiro atoms. The summed E-state index contributed by atoms with van der Waals surface area (Å²) < 4.78 is 0. The van der Waals surface area contributed by atoms with Crippen LogP contribution in [0.4, 0.5) is 0 Å². The second kappa shape index (κ2) is 12.0. The summed E-state index contributed by atoms with van der Waals surface area (Å²) in [7, 11) is 1.00. The fourth-order valence-corrected chi connectivity index (χ4v) is 4.12. The molecule has 0 saturated carbocycles. The van der Waals surface area contributed by atoms with Gasteiger partial charge in [-0.15, -0.1) is 0 Å². The van der Waals surface area contributed by atoms with Crippen LogP contribution in [0.3, 0.4) is 0 Å². The zero-order valence-electron chi connectivity index (χ0n) is 18.8. The highest BCUT2D eigenvalue weighted by atomic mass is 35.5. The molecule has 0 fully saturated rings. The Morgan fingerprint density at radius 3 is 2.39 bits per heavy atom. The van der Waals surface area contributed by atoms with Gasteiger partial charge in [0.05, 0.1) is 5.52 Å². The minimum absolute atomic E-state index is 0.171. The number of hydrogen-bond acceptors (Lipinski definition) is 2. The van der Waals surface area contributed by atoms with Crippen molar-refractivity contribution in [3.05, 3.63) is 138 Å². The second-order valence-corrected chi connectivity index (χ2v) is 7.93. The lowest BCUT2D eigenvalue weighted by Crippen LogP contribution is -2.03. The zero-order chi connectivity index (χ0) is 23.6. The summed E-state index contributed by atoms with van der Waals surface area (Å²) >= 11 is 6.16. The summed E-state index contributed by atoms with van der Waals surface area (Å²) in [4.78, 5) is 4.64. The van der Waals surface area contributed by atoms with Gasteiger partial charge in [0, 0.05) is 35.2 Å². The monoisotopic (exact) mass is 453 g/mol. The molecule has 166 valence electrons. The van der Waals surface area contributed by atoms with Gasteiger partial charge < -0.3 is 5.11 Å². The maximum absolute atomic E-state index is 7.00. The highest BCUT2D eigenvalue weighted by molar-refractivity contribution is 6.30. The van der Waals surface area contributed by atoms with Crippen LogP contribution >= 0.6 is 11.6 Å². The first-order chi connectivity index (χ1) is 16.2. The Balaban J connectivity index is 0.00000149. The van der Waals surface area contributed by atoms with E-state index < -0.39 is 0 Å². The fourth-order valence-electron chi connectivity index (χ4n) is 3.99. The van der Waals surface area contributed by atoms with Crippen LogP contribution in [0.2, 0.25) is 5.02 Å². The number of halogens is 1. The van der Waals surface area contributed by atoms with Crippen LogP contribution in [0, 0.1) is 0 Å². The van der Waals surface area contributed by atoms with E-state index in [0.29, 0.717) is 0 Å². The van der Waals surface area contributed by atoms with Crippen LogP contribution < -0.4 is 0 Å². The summed E-state index contributed by atoms with van der Waals surface area (Å²) in [5.41, 5.74) is 6.92. The molecule has 0 radical (unpaired) electrons. The van der Waals surface area contributed by atoms with E-state index in [1.165, 1.54) is 11.1 Å². The molecule has 1 heterocycles. The highest BCUT2D eigenvalue weighted by Crippen LogP contribution is 2.35. The third kappa shape index (κ3) is 5.87. The Bertz CT molecular complexity index is 1250. The van der Waals surface area contributed by atoms with E-state index in [4.69, 9.17) is 16.7 Å². The van der Waals surface area contributed by atoms with Gasteiger partial charge in [-0.25, -0.2) is 0 Å². The quantitative estimate of drug-likeness (QED) is 0.287. The maximum atomic E-state index is 7.00. The van der Waals surface area contributed by atoms with Crippen LogP contribution in [0.1, 0.15) is 23.5 Å². The van der Waals surface area contributed by atoms with Crippen molar-refractivity contribution in [1.82, 2.24) is 4.98 Å². The molecular formula is C30H28ClNO. The Hall–Kier alpha value is -3.46. The fraction of sp³-hybridized carbons (Fsp3) is 0.100. The van der Waals surface area contributed by atoms with Crippen molar-refractivity contribution in [1.29, 1.82) is 0 Å². The number of rotatable bonds is 7. The van der Waals surface area contributed by atoms with Gasteiger partial charge in [0.15, 0.2) is 0 Å². The number of aromatic nitrogens is 1. The topological polar surface area (TPSA) is 33.1 Å². The molecule has 0 bridgehead atoms. The minimum Gasteiger partial charge on any atom is -0.400 e. The average Bonchev–Trinajstić information content (AvgIpc) is 2.88. The number of aliphatic hydroxyl groups excluding tert-OH is 1. The van der Waals surface area contributed by atoms with E-state index in [2.05, 4.69) is 78.8 Å². The molecule has 3 heteroatoms. The third-order valence-corrected chi connectivity index (χ3v) is 5.79. The molecule has 1 unspecified atom stereocenters. The molecular weight excluding hydrogens is 426 g/mol. The maximum Gasteiger partial charge on any atom is 0.0780 e. The predicted octanol–water partition coefficient (Wildman–Crippen LogP) is 7.98. The molecule has 1 aromatic heterocycles. The van der Waals surface area contributed by atoms with E-state index in [-0.39, 0.29) is 5.92 Å². The van der Waals surface area contributed by atoms with E-state index in [1.807, 2.05) is 42.6 Å². The van der Waals surface area contributed by atoms with Gasteiger partial charge in [0.25, 0.3) is 0 Å². The smallest absolute Gasteiger partial charge is 0.0780 e. The summed E-state index contributed by atoms with van der Waals surface area (Å²) in [5, 5.41) is 8.88. The lowest BCUT2D eigenvalue weighted by molar-refractivity contribution is 0.399. The number of benzene rings is 3. The minimum atomic E-state index is 0.171. The van der Waals surface area contributed by atoms with Crippen molar-refractivity contribution >= 4 is 22.5 Å². The van der Waals surface area contributed by atoms with Crippen LogP contribution in [0.5, 0.6) is 0 Å². The van der Waals surface area contributed by atoms with E-state index in [0.717, 1.165) is 46.2 Å². The van der Waals surface area contributed by atoms with Gasteiger partial charge in [0.1, 0.15) is 0 Å². The van der Waals surface area contributed by atoms with E-state index in [1.54, 1.807) is 0 Å². The third-order valence-electron chi connectivity index (χ3n) is 5.54. The number of nitrogens with zero attached hydrogens (tertiary/aromatic N) is 1. The van der Waals surface area contributed by atoms with Crippen molar-refractivity contribution in [3.63, 3.8) is 0 Å². The van der Waals surface area contributed by atoms with Crippen LogP contribution in [-0.2, 0) is 0 Å². The molecule has 0 amide bonds. The lowest BCUT2D eigenvalue weighted by atomic mass is 9.84. The van der Waals surface area contributed by atoms with Crippen molar-refractivity contribution < 1.29 is 5.11 Å². The first kappa shape index (κ1) is 24.2. The number of aliphatic hydroxyl groups is 1. The summed E-state index contributed by atoms with van der Waals surface area (Å²) in [6, 6.07) is 27.3. The number of pyridine rings is 1. The number of fused-ring (bicyclic) bond motifs is 1. The molecule has 0 saturated heterocycles. The molecule has 3 aromatic carbocycles. The van der Waals surface area contributed by atoms with Gasteiger partial charge in [-0.2, -0.15) is 0 Å². The molecule has 0 aliphatic rings. The summed E-state index contributed by atoms with van der Waals surface area (Å²) in [6.07, 6.45) is 8.42. The van der Waals surface area contributed by atoms with Crippen LogP contribution in [0.15, 0.2) is 122 Å². The van der Waals surface area contributed by atoms with Crippen molar-refractivity contribution in [2.24, 2.45) is 0 Å². The van der Waals surface area contributed by atoms with Crippen LogP contribution in [0.25, 0.3) is 22.0 Å². The normalized spacial score (nSPS) is 11.9. The van der Waals surface area contributed by atoms with Crippen molar-refractivity contribution in [3.8, 4) is 11.1 Å². The molecule has 4 rings (SSSR count). The molecule has 2 nitrogen and oxygen atoms in total. The Morgan fingerprint density at radius 2 is 1.67 bits per heavy atom. The molecule has 4 aromatic rings. The lowest BCUT2D eigenvalue weighted by Gasteiger charge is -2.20. The van der Waals surface area contributed by atoms with Gasteiger partial charge in [-0.1, -0.05) is 104 Å². The Morgan fingerprint density at radius 1 is 0.939 bits per heavy atom. The standard InChI is InChI=1S/C29H24ClN.CH4O/c1-3-8-21(4-2)19-28(22-14-16-26(30)17-15-22)25-11-5-10-24(20-25)27-13-6-9-23-12-7-18-31-29(23)27;1-2/h3-18,20,28H,1-2,19H2;2H,1H3/b21-8+;. The molecule has 33 heavy (non-hydrogen) atoms. The Labute approximate surface area is 201 Å². The zero-order valence-corrected chi connectivity index (χ0v) is 19.5. The predicted molar refractivity (Wildman–Crippen MR) is 142 cm³/mol. The largest absolute Gasteiger partial charge is 0.400 e. The van der Waals surface area contributed by atoms with Crippen molar-refractivity contribution in [2.45, 2.75) is 12.3 Å². The average molecular weight is 454 g/mol. The highest BCUT2D eigenvalue weighted by Gasteiger charge is 2.17. The Kier molecular flexibility index (Phi) is 8.77. The van der Waals surface area contributed by atoms with Gasteiger partial charge >= 0.3 is 0 Å². The van der Waals surface area contributed by atoms with Crippen LogP contribution in [-0.4, -0.2) is 17.2 Å². The van der Waals surface area contributed by atoms with Gasteiger partial charge in [-0.3, -0.25) is 4.98 Å². The summed E-state index contributed by atoms with van der Waals surface area (Å²) in [5.74, 6) is 0.171.